The summed E-state index contributed by atoms with van der Waals surface area (Å²) in [5.74, 6) is -0.0965. The highest BCUT2D eigenvalue weighted by Gasteiger charge is 2.26. The molecular formula is C17H15N2O7PS. The number of nitro benzene ring substituents is 1. The Kier molecular flexibility index (Phi) is 5.48. The zero-order valence-corrected chi connectivity index (χ0v) is 16.0. The van der Waals surface area contributed by atoms with Crippen molar-refractivity contribution in [2.75, 3.05) is 6.29 Å². The molecule has 0 heterocycles. The molecule has 0 spiro atoms. The van der Waals surface area contributed by atoms with Gasteiger partial charge < -0.3 is 9.42 Å². The van der Waals surface area contributed by atoms with Crippen molar-refractivity contribution < 1.29 is 27.3 Å². The molecule has 3 aromatic rings. The Morgan fingerprint density at radius 3 is 2.36 bits per heavy atom. The van der Waals surface area contributed by atoms with E-state index >= 15 is 0 Å². The maximum absolute atomic E-state index is 12.6. The van der Waals surface area contributed by atoms with E-state index in [1.54, 1.807) is 36.4 Å². The summed E-state index contributed by atoms with van der Waals surface area (Å²) in [6.45, 7) is 0. The Bertz CT molecular complexity index is 1170. The van der Waals surface area contributed by atoms with Gasteiger partial charge >= 0.3 is 7.60 Å². The number of benzene rings is 3. The van der Waals surface area contributed by atoms with Gasteiger partial charge in [-0.25, -0.2) is 13.0 Å². The van der Waals surface area contributed by atoms with Crippen molar-refractivity contribution in [2.24, 2.45) is 0 Å². The van der Waals surface area contributed by atoms with Crippen molar-refractivity contribution in [3.8, 4) is 5.75 Å². The van der Waals surface area contributed by atoms with Crippen molar-refractivity contribution in [3.05, 3.63) is 76.8 Å². The third kappa shape index (κ3) is 4.55. The summed E-state index contributed by atoms with van der Waals surface area (Å²) in [5.41, 5.74) is -0.211. The molecule has 0 amide bonds. The van der Waals surface area contributed by atoms with Crippen LogP contribution in [0.4, 0.5) is 5.69 Å². The van der Waals surface area contributed by atoms with Crippen LogP contribution in [0.5, 0.6) is 5.75 Å². The van der Waals surface area contributed by atoms with E-state index in [1.807, 2.05) is 0 Å². The summed E-state index contributed by atoms with van der Waals surface area (Å²) in [7, 11) is -8.47. The van der Waals surface area contributed by atoms with E-state index in [-0.39, 0.29) is 16.3 Å². The number of fused-ring (bicyclic) bond motifs is 1. The number of nitro groups is 1. The Hall–Kier alpha value is -2.78. The standard InChI is InChI=1S/C17H15N2O7PS/c20-19(21)14-8-10-15(11-9-14)26-27(22,23)12-18-28(24,25)17-7-3-5-13-4-1-2-6-16(13)17/h1-11,18H,12H2,(H,22,23). The second-order valence-electron chi connectivity index (χ2n) is 5.76. The Morgan fingerprint density at radius 2 is 1.68 bits per heavy atom. The van der Waals surface area contributed by atoms with E-state index in [9.17, 15) is 28.0 Å². The van der Waals surface area contributed by atoms with Gasteiger partial charge in [-0.2, -0.15) is 4.72 Å². The first-order valence-corrected chi connectivity index (χ1v) is 11.2. The molecule has 0 aromatic heterocycles. The van der Waals surface area contributed by atoms with Crippen molar-refractivity contribution in [2.45, 2.75) is 4.90 Å². The van der Waals surface area contributed by atoms with Crippen molar-refractivity contribution >= 4 is 34.1 Å². The molecule has 146 valence electrons. The van der Waals surface area contributed by atoms with Crippen LogP contribution >= 0.6 is 7.60 Å². The van der Waals surface area contributed by atoms with Gasteiger partial charge in [-0.05, 0) is 23.6 Å². The number of hydrogen-bond acceptors (Lipinski definition) is 6. The maximum atomic E-state index is 12.6. The third-order valence-electron chi connectivity index (χ3n) is 3.79. The predicted molar refractivity (Wildman–Crippen MR) is 103 cm³/mol. The maximum Gasteiger partial charge on any atom is 0.391 e. The highest BCUT2D eigenvalue weighted by atomic mass is 32.2. The van der Waals surface area contributed by atoms with Crippen LogP contribution in [0.15, 0.2) is 71.6 Å². The van der Waals surface area contributed by atoms with Gasteiger partial charge in [0.1, 0.15) is 12.0 Å². The second-order valence-corrected chi connectivity index (χ2v) is 9.27. The molecule has 0 saturated heterocycles. The van der Waals surface area contributed by atoms with Crippen molar-refractivity contribution in [1.29, 1.82) is 0 Å². The second kappa shape index (κ2) is 7.69. The minimum Gasteiger partial charge on any atom is -0.424 e. The smallest absolute Gasteiger partial charge is 0.391 e. The first-order valence-electron chi connectivity index (χ1n) is 7.91. The Labute approximate surface area is 160 Å². The molecule has 28 heavy (non-hydrogen) atoms. The van der Waals surface area contributed by atoms with Crippen molar-refractivity contribution in [3.63, 3.8) is 0 Å². The molecule has 3 aromatic carbocycles. The van der Waals surface area contributed by atoms with Crippen LogP contribution in [-0.4, -0.2) is 24.5 Å². The lowest BCUT2D eigenvalue weighted by Crippen LogP contribution is -2.26. The minimum absolute atomic E-state index is 0.0269. The number of hydrogen-bond donors (Lipinski definition) is 2. The van der Waals surface area contributed by atoms with Crippen LogP contribution in [0, 0.1) is 10.1 Å². The van der Waals surface area contributed by atoms with Crippen LogP contribution in [0.1, 0.15) is 0 Å². The molecule has 0 radical (unpaired) electrons. The van der Waals surface area contributed by atoms with E-state index in [2.05, 4.69) is 4.72 Å². The number of nitrogens with zero attached hydrogens (tertiary/aromatic N) is 1. The summed E-state index contributed by atoms with van der Waals surface area (Å²) in [5, 5.41) is 11.8. The van der Waals surface area contributed by atoms with E-state index < -0.39 is 28.8 Å². The van der Waals surface area contributed by atoms with Gasteiger partial charge in [-0.3, -0.25) is 10.1 Å². The monoisotopic (exact) mass is 422 g/mol. The number of nitrogens with one attached hydrogen (secondary N) is 1. The molecule has 0 fully saturated rings. The fraction of sp³-hybridized carbons (Fsp3) is 0.0588. The molecule has 0 aliphatic heterocycles. The van der Waals surface area contributed by atoms with E-state index in [4.69, 9.17) is 4.52 Å². The molecule has 0 aliphatic carbocycles. The van der Waals surface area contributed by atoms with Crippen LogP contribution in [0.3, 0.4) is 0 Å². The minimum atomic E-state index is -4.39. The molecule has 1 unspecified atom stereocenters. The SMILES string of the molecule is O=[N+]([O-])c1ccc(OP(=O)(O)CNS(=O)(=O)c2cccc3ccccc23)cc1. The van der Waals surface area contributed by atoms with Gasteiger partial charge in [0.15, 0.2) is 0 Å². The lowest BCUT2D eigenvalue weighted by molar-refractivity contribution is -0.384. The van der Waals surface area contributed by atoms with Crippen LogP contribution in [0.2, 0.25) is 0 Å². The Balaban J connectivity index is 1.75. The first kappa shape index (κ1) is 20.0. The van der Waals surface area contributed by atoms with Crippen LogP contribution in [-0.2, 0) is 14.6 Å². The summed E-state index contributed by atoms with van der Waals surface area (Å²) < 4.78 is 44.4. The van der Waals surface area contributed by atoms with Crippen LogP contribution < -0.4 is 9.25 Å². The van der Waals surface area contributed by atoms with Crippen molar-refractivity contribution in [1.82, 2.24) is 4.72 Å². The quantitative estimate of drug-likeness (QED) is 0.339. The average Bonchev–Trinajstić information content (AvgIpc) is 2.66. The zero-order valence-electron chi connectivity index (χ0n) is 14.3. The lowest BCUT2D eigenvalue weighted by atomic mass is 10.1. The highest BCUT2D eigenvalue weighted by Crippen LogP contribution is 2.42. The fourth-order valence-corrected chi connectivity index (χ4v) is 5.24. The van der Waals surface area contributed by atoms with E-state index in [0.717, 1.165) is 24.3 Å². The molecule has 11 heteroatoms. The lowest BCUT2D eigenvalue weighted by Gasteiger charge is -2.15. The number of rotatable bonds is 7. The molecular weight excluding hydrogens is 407 g/mol. The highest BCUT2D eigenvalue weighted by molar-refractivity contribution is 7.90. The zero-order chi connectivity index (χ0) is 20.4. The van der Waals surface area contributed by atoms with Gasteiger partial charge in [-0.15, -0.1) is 0 Å². The summed E-state index contributed by atoms with van der Waals surface area (Å²) >= 11 is 0. The molecule has 0 aliphatic rings. The largest absolute Gasteiger partial charge is 0.424 e. The molecule has 0 saturated carbocycles. The van der Waals surface area contributed by atoms with Gasteiger partial charge in [0.25, 0.3) is 5.69 Å². The number of non-ortho nitro benzene ring substituents is 1. The number of sulfonamides is 1. The molecule has 1 atom stereocenters. The summed E-state index contributed by atoms with van der Waals surface area (Å²) in [4.78, 5) is 19.9. The fourth-order valence-electron chi connectivity index (χ4n) is 2.50. The van der Waals surface area contributed by atoms with Gasteiger partial charge in [0, 0.05) is 17.5 Å². The van der Waals surface area contributed by atoms with E-state index in [0.29, 0.717) is 10.8 Å². The van der Waals surface area contributed by atoms with Gasteiger partial charge in [0.2, 0.25) is 10.0 Å². The normalized spacial score (nSPS) is 13.8. The third-order valence-corrected chi connectivity index (χ3v) is 6.52. The summed E-state index contributed by atoms with van der Waals surface area (Å²) in [6.07, 6.45) is -0.866. The summed E-state index contributed by atoms with van der Waals surface area (Å²) in [6, 6.07) is 16.1. The molecule has 2 N–H and O–H groups in total. The van der Waals surface area contributed by atoms with Crippen LogP contribution in [0.25, 0.3) is 10.8 Å². The van der Waals surface area contributed by atoms with Gasteiger partial charge in [0.05, 0.1) is 9.82 Å². The molecule has 3 rings (SSSR count). The van der Waals surface area contributed by atoms with E-state index in [1.165, 1.54) is 6.07 Å². The predicted octanol–water partition coefficient (Wildman–Crippen LogP) is 3.25. The Morgan fingerprint density at radius 1 is 1.04 bits per heavy atom. The average molecular weight is 422 g/mol. The molecule has 0 bridgehead atoms. The topological polar surface area (TPSA) is 136 Å². The molecule has 9 nitrogen and oxygen atoms in total. The van der Waals surface area contributed by atoms with Gasteiger partial charge in [-0.1, -0.05) is 36.4 Å². The first-order chi connectivity index (χ1) is 13.2.